The van der Waals surface area contributed by atoms with Crippen molar-refractivity contribution in [1.82, 2.24) is 14.5 Å². The molecule has 2 aliphatic heterocycles. The van der Waals surface area contributed by atoms with Crippen molar-refractivity contribution in [1.29, 1.82) is 0 Å². The molecule has 0 radical (unpaired) electrons. The van der Waals surface area contributed by atoms with E-state index < -0.39 is 10.0 Å². The fourth-order valence-electron chi connectivity index (χ4n) is 4.26. The fourth-order valence-corrected chi connectivity index (χ4v) is 5.67. The summed E-state index contributed by atoms with van der Waals surface area (Å²) < 4.78 is 32.2. The molecule has 0 aromatic heterocycles. The first-order valence-electron chi connectivity index (χ1n) is 10.7. The maximum atomic E-state index is 12.7. The second-order valence-electron chi connectivity index (χ2n) is 8.24. The van der Waals surface area contributed by atoms with Gasteiger partial charge in [0.25, 0.3) is 0 Å². The van der Waals surface area contributed by atoms with Crippen LogP contribution in [-0.4, -0.2) is 62.6 Å². The van der Waals surface area contributed by atoms with Crippen molar-refractivity contribution < 1.29 is 13.2 Å². The number of rotatable bonds is 7. The van der Waals surface area contributed by atoms with Gasteiger partial charge in [-0.05, 0) is 36.6 Å². The minimum Gasteiger partial charge on any atom is -0.379 e. The van der Waals surface area contributed by atoms with E-state index in [1.54, 1.807) is 12.1 Å². The van der Waals surface area contributed by atoms with Gasteiger partial charge < -0.3 is 10.1 Å². The van der Waals surface area contributed by atoms with Gasteiger partial charge >= 0.3 is 0 Å². The van der Waals surface area contributed by atoms with Gasteiger partial charge in [0.1, 0.15) is 0 Å². The number of nitrogens with zero attached hydrogens (tertiary/aromatic N) is 2. The zero-order chi connectivity index (χ0) is 21.0. The topological polar surface area (TPSA) is 61.9 Å². The summed E-state index contributed by atoms with van der Waals surface area (Å²) in [5, 5.41) is 3.65. The van der Waals surface area contributed by atoms with Crippen molar-refractivity contribution in [2.75, 3.05) is 32.8 Å². The lowest BCUT2D eigenvalue weighted by Crippen LogP contribution is -2.40. The van der Waals surface area contributed by atoms with Gasteiger partial charge in [-0.25, -0.2) is 8.42 Å². The zero-order valence-electron chi connectivity index (χ0n) is 17.5. The lowest BCUT2D eigenvalue weighted by Gasteiger charge is -2.26. The van der Waals surface area contributed by atoms with E-state index in [9.17, 15) is 8.42 Å². The molecule has 0 saturated carbocycles. The number of benzene rings is 2. The summed E-state index contributed by atoms with van der Waals surface area (Å²) in [7, 11) is -3.43. The third kappa shape index (κ3) is 5.10. The minimum absolute atomic E-state index is 0.358. The van der Waals surface area contributed by atoms with E-state index in [0.29, 0.717) is 43.3 Å². The molecular weight excluding hydrogens is 398 g/mol. The van der Waals surface area contributed by atoms with Crippen molar-refractivity contribution in [2.24, 2.45) is 0 Å². The van der Waals surface area contributed by atoms with Crippen LogP contribution in [0.4, 0.5) is 0 Å². The molecule has 0 spiro atoms. The van der Waals surface area contributed by atoms with E-state index in [-0.39, 0.29) is 0 Å². The summed E-state index contributed by atoms with van der Waals surface area (Å²) in [6.07, 6.45) is 1.12. The van der Waals surface area contributed by atoms with Crippen LogP contribution in [0.5, 0.6) is 0 Å². The van der Waals surface area contributed by atoms with Crippen molar-refractivity contribution in [2.45, 2.75) is 43.4 Å². The first kappa shape index (κ1) is 21.5. The Hall–Kier alpha value is -1.77. The maximum absolute atomic E-state index is 12.7. The van der Waals surface area contributed by atoms with Crippen LogP contribution in [0, 0.1) is 0 Å². The van der Waals surface area contributed by atoms with Gasteiger partial charge in [0.05, 0.1) is 18.1 Å². The van der Waals surface area contributed by atoms with Gasteiger partial charge in [-0.3, -0.25) is 4.90 Å². The number of likely N-dealkylation sites (tertiary alicyclic amines) is 1. The Kier molecular flexibility index (Phi) is 6.85. The second-order valence-corrected chi connectivity index (χ2v) is 10.2. The molecule has 2 aromatic carbocycles. The third-order valence-corrected chi connectivity index (χ3v) is 7.97. The standard InChI is InChI=1S/C23H31N3O3S/c1-19-15-22(18-25(19)17-21-5-3-2-4-6-21)24-16-20-7-9-23(10-8-20)30(27,28)26-11-13-29-14-12-26/h2-10,19,22,24H,11-18H2,1H3/t19-,22-/m1/s1. The maximum Gasteiger partial charge on any atom is 0.243 e. The number of hydrogen-bond acceptors (Lipinski definition) is 5. The average molecular weight is 430 g/mol. The van der Waals surface area contributed by atoms with Crippen LogP contribution in [0.3, 0.4) is 0 Å². The molecular formula is C23H31N3O3S. The molecule has 0 unspecified atom stereocenters. The Morgan fingerprint density at radius 1 is 1.00 bits per heavy atom. The van der Waals surface area contributed by atoms with E-state index in [1.165, 1.54) is 9.87 Å². The molecule has 6 nitrogen and oxygen atoms in total. The van der Waals surface area contributed by atoms with Crippen molar-refractivity contribution in [3.05, 3.63) is 65.7 Å². The van der Waals surface area contributed by atoms with Crippen LogP contribution in [-0.2, 0) is 27.8 Å². The average Bonchev–Trinajstić information content (AvgIpc) is 3.13. The van der Waals surface area contributed by atoms with Crippen LogP contribution >= 0.6 is 0 Å². The van der Waals surface area contributed by atoms with Crippen LogP contribution in [0.2, 0.25) is 0 Å². The van der Waals surface area contributed by atoms with Crippen molar-refractivity contribution >= 4 is 10.0 Å². The first-order valence-corrected chi connectivity index (χ1v) is 12.1. The number of morpholine rings is 1. The van der Waals surface area contributed by atoms with Crippen LogP contribution in [0.25, 0.3) is 0 Å². The molecule has 2 fully saturated rings. The van der Waals surface area contributed by atoms with Crippen molar-refractivity contribution in [3.8, 4) is 0 Å². The van der Waals surface area contributed by atoms with E-state index in [1.807, 2.05) is 12.1 Å². The van der Waals surface area contributed by atoms with Gasteiger partial charge in [-0.15, -0.1) is 0 Å². The fraction of sp³-hybridized carbons (Fsp3) is 0.478. The Morgan fingerprint density at radius 3 is 2.40 bits per heavy atom. The number of nitrogens with one attached hydrogen (secondary N) is 1. The van der Waals surface area contributed by atoms with Crippen LogP contribution in [0.1, 0.15) is 24.5 Å². The highest BCUT2D eigenvalue weighted by atomic mass is 32.2. The molecule has 1 N–H and O–H groups in total. The van der Waals surface area contributed by atoms with E-state index in [2.05, 4.69) is 47.5 Å². The Morgan fingerprint density at radius 2 is 1.70 bits per heavy atom. The highest BCUT2D eigenvalue weighted by Gasteiger charge is 2.29. The van der Waals surface area contributed by atoms with E-state index >= 15 is 0 Å². The molecule has 2 saturated heterocycles. The number of ether oxygens (including phenoxy) is 1. The van der Waals surface area contributed by atoms with E-state index in [0.717, 1.165) is 31.6 Å². The Bertz CT molecular complexity index is 912. The predicted octanol–water partition coefficient (Wildman–Crippen LogP) is 2.46. The Balaban J connectivity index is 1.30. The summed E-state index contributed by atoms with van der Waals surface area (Å²) in [4.78, 5) is 2.88. The molecule has 2 aliphatic rings. The summed E-state index contributed by atoms with van der Waals surface area (Å²) in [5.74, 6) is 0. The Labute approximate surface area is 179 Å². The molecule has 0 bridgehead atoms. The molecule has 30 heavy (non-hydrogen) atoms. The molecule has 2 atom stereocenters. The number of hydrogen-bond donors (Lipinski definition) is 1. The summed E-state index contributed by atoms with van der Waals surface area (Å²) in [5.41, 5.74) is 2.45. The molecule has 2 aromatic rings. The van der Waals surface area contributed by atoms with Gasteiger partial charge in [0, 0.05) is 44.8 Å². The molecule has 0 aliphatic carbocycles. The first-order chi connectivity index (χ1) is 14.5. The second kappa shape index (κ2) is 9.58. The highest BCUT2D eigenvalue weighted by Crippen LogP contribution is 2.21. The van der Waals surface area contributed by atoms with Gasteiger partial charge in [-0.1, -0.05) is 42.5 Å². The van der Waals surface area contributed by atoms with Gasteiger partial charge in [0.15, 0.2) is 0 Å². The van der Waals surface area contributed by atoms with Crippen LogP contribution in [0.15, 0.2) is 59.5 Å². The highest BCUT2D eigenvalue weighted by molar-refractivity contribution is 7.89. The minimum atomic E-state index is -3.43. The lowest BCUT2D eigenvalue weighted by molar-refractivity contribution is 0.0730. The van der Waals surface area contributed by atoms with E-state index in [4.69, 9.17) is 4.74 Å². The molecule has 2 heterocycles. The normalized spacial score (nSPS) is 23.6. The summed E-state index contributed by atoms with van der Waals surface area (Å²) in [6, 6.07) is 18.9. The smallest absolute Gasteiger partial charge is 0.243 e. The van der Waals surface area contributed by atoms with Crippen molar-refractivity contribution in [3.63, 3.8) is 0 Å². The molecule has 4 rings (SSSR count). The SMILES string of the molecule is C[C@@H]1C[C@@H](NCc2ccc(S(=O)(=O)N3CCOCC3)cc2)CN1Cc1ccccc1. The predicted molar refractivity (Wildman–Crippen MR) is 118 cm³/mol. The lowest BCUT2D eigenvalue weighted by atomic mass is 10.1. The van der Waals surface area contributed by atoms with Crippen LogP contribution < -0.4 is 5.32 Å². The monoisotopic (exact) mass is 429 g/mol. The summed E-state index contributed by atoms with van der Waals surface area (Å²) in [6.45, 7) is 6.80. The quantitative estimate of drug-likeness (QED) is 0.733. The van der Waals surface area contributed by atoms with Gasteiger partial charge in [-0.2, -0.15) is 4.31 Å². The largest absolute Gasteiger partial charge is 0.379 e. The zero-order valence-corrected chi connectivity index (χ0v) is 18.4. The third-order valence-electron chi connectivity index (χ3n) is 6.06. The molecule has 7 heteroatoms. The summed E-state index contributed by atoms with van der Waals surface area (Å²) >= 11 is 0. The molecule has 0 amide bonds. The molecule has 162 valence electrons. The van der Waals surface area contributed by atoms with Gasteiger partial charge in [0.2, 0.25) is 10.0 Å². The number of sulfonamides is 1.